The van der Waals surface area contributed by atoms with E-state index in [2.05, 4.69) is 5.32 Å². The van der Waals surface area contributed by atoms with E-state index in [1.807, 2.05) is 13.8 Å². The quantitative estimate of drug-likeness (QED) is 0.594. The van der Waals surface area contributed by atoms with E-state index in [1.54, 1.807) is 0 Å². The fraction of sp³-hybridized carbons (Fsp3) is 0.357. The van der Waals surface area contributed by atoms with Crippen LogP contribution >= 0.6 is 0 Å². The number of nitrogens with two attached hydrogens (primary N) is 3. The Morgan fingerprint density at radius 1 is 1.05 bits per heavy atom. The van der Waals surface area contributed by atoms with Crippen molar-refractivity contribution in [2.45, 2.75) is 26.3 Å². The topological polar surface area (TPSA) is 141 Å². The van der Waals surface area contributed by atoms with Gasteiger partial charge >= 0.3 is 0 Å². The minimum atomic E-state index is -0.722. The van der Waals surface area contributed by atoms with Crippen molar-refractivity contribution in [1.82, 2.24) is 0 Å². The molecule has 0 saturated heterocycles. The molecule has 1 aromatic rings. The number of amides is 3. The SMILES string of the molecule is CC(C)CC(N)C(=O)Nc1cc(C(N)=O)cc(C(N)=O)c1. The van der Waals surface area contributed by atoms with Gasteiger partial charge in [-0.2, -0.15) is 0 Å². The first kappa shape index (κ1) is 16.6. The summed E-state index contributed by atoms with van der Waals surface area (Å²) >= 11 is 0. The summed E-state index contributed by atoms with van der Waals surface area (Å²) in [7, 11) is 0. The van der Waals surface area contributed by atoms with Gasteiger partial charge in [-0.1, -0.05) is 13.8 Å². The molecule has 1 aromatic carbocycles. The van der Waals surface area contributed by atoms with Gasteiger partial charge in [0.25, 0.3) is 0 Å². The van der Waals surface area contributed by atoms with E-state index in [0.29, 0.717) is 6.42 Å². The Kier molecular flexibility index (Phi) is 5.43. The summed E-state index contributed by atoms with van der Waals surface area (Å²) in [4.78, 5) is 34.4. The van der Waals surface area contributed by atoms with Crippen LogP contribution in [0.4, 0.5) is 5.69 Å². The van der Waals surface area contributed by atoms with E-state index in [-0.39, 0.29) is 22.7 Å². The van der Waals surface area contributed by atoms with Crippen LogP contribution in [-0.4, -0.2) is 23.8 Å². The number of carbonyl (C=O) groups is 3. The van der Waals surface area contributed by atoms with Crippen molar-refractivity contribution >= 4 is 23.4 Å². The molecule has 21 heavy (non-hydrogen) atoms. The number of benzene rings is 1. The number of anilines is 1. The van der Waals surface area contributed by atoms with Gasteiger partial charge < -0.3 is 22.5 Å². The minimum Gasteiger partial charge on any atom is -0.366 e. The third kappa shape index (κ3) is 4.88. The molecule has 0 aliphatic rings. The zero-order valence-electron chi connectivity index (χ0n) is 12.1. The van der Waals surface area contributed by atoms with Crippen LogP contribution in [0, 0.1) is 5.92 Å². The molecular formula is C14H20N4O3. The molecule has 7 nitrogen and oxygen atoms in total. The van der Waals surface area contributed by atoms with Crippen LogP contribution in [0.2, 0.25) is 0 Å². The highest BCUT2D eigenvalue weighted by molar-refractivity contribution is 6.02. The summed E-state index contributed by atoms with van der Waals surface area (Å²) in [6.45, 7) is 3.90. The normalized spacial score (nSPS) is 12.0. The molecule has 0 aromatic heterocycles. The summed E-state index contributed by atoms with van der Waals surface area (Å²) in [5.74, 6) is -1.58. The Labute approximate surface area is 122 Å². The average molecular weight is 292 g/mol. The van der Waals surface area contributed by atoms with E-state index in [9.17, 15) is 14.4 Å². The predicted molar refractivity (Wildman–Crippen MR) is 79.5 cm³/mol. The summed E-state index contributed by atoms with van der Waals surface area (Å²) < 4.78 is 0. The van der Waals surface area contributed by atoms with E-state index < -0.39 is 23.8 Å². The number of hydrogen-bond acceptors (Lipinski definition) is 4. The molecule has 7 N–H and O–H groups in total. The van der Waals surface area contributed by atoms with Gasteiger partial charge in [-0.05, 0) is 30.5 Å². The van der Waals surface area contributed by atoms with E-state index in [0.717, 1.165) is 0 Å². The van der Waals surface area contributed by atoms with Gasteiger partial charge in [0.05, 0.1) is 6.04 Å². The van der Waals surface area contributed by atoms with E-state index >= 15 is 0 Å². The van der Waals surface area contributed by atoms with Crippen LogP contribution in [0.25, 0.3) is 0 Å². The molecule has 0 bridgehead atoms. The van der Waals surface area contributed by atoms with Crippen LogP contribution in [0.5, 0.6) is 0 Å². The molecule has 0 fully saturated rings. The smallest absolute Gasteiger partial charge is 0.248 e. The fourth-order valence-corrected chi connectivity index (χ4v) is 1.83. The summed E-state index contributed by atoms with van der Waals surface area (Å²) in [5.41, 5.74) is 16.5. The first-order valence-electron chi connectivity index (χ1n) is 6.51. The molecule has 0 radical (unpaired) electrons. The van der Waals surface area contributed by atoms with Crippen molar-refractivity contribution in [3.05, 3.63) is 29.3 Å². The molecule has 0 heterocycles. The highest BCUT2D eigenvalue weighted by atomic mass is 16.2. The molecule has 0 saturated carbocycles. The fourth-order valence-electron chi connectivity index (χ4n) is 1.83. The highest BCUT2D eigenvalue weighted by Crippen LogP contribution is 2.16. The Hall–Kier alpha value is -2.41. The predicted octanol–water partition coefficient (Wildman–Crippen LogP) is 0.196. The summed E-state index contributed by atoms with van der Waals surface area (Å²) in [6, 6.07) is 3.33. The Morgan fingerprint density at radius 2 is 1.52 bits per heavy atom. The molecule has 7 heteroatoms. The molecule has 0 aliphatic heterocycles. The number of nitrogens with one attached hydrogen (secondary N) is 1. The van der Waals surface area contributed by atoms with Gasteiger partial charge in [-0.15, -0.1) is 0 Å². The molecule has 114 valence electrons. The first-order valence-corrected chi connectivity index (χ1v) is 6.51. The van der Waals surface area contributed by atoms with Crippen LogP contribution in [0.1, 0.15) is 41.0 Å². The zero-order valence-corrected chi connectivity index (χ0v) is 12.1. The van der Waals surface area contributed by atoms with E-state index in [1.165, 1.54) is 18.2 Å². The zero-order chi connectivity index (χ0) is 16.2. The Balaban J connectivity index is 2.99. The van der Waals surface area contributed by atoms with Crippen molar-refractivity contribution in [3.63, 3.8) is 0 Å². The van der Waals surface area contributed by atoms with Crippen LogP contribution in [-0.2, 0) is 4.79 Å². The molecular weight excluding hydrogens is 272 g/mol. The lowest BCUT2D eigenvalue weighted by Crippen LogP contribution is -2.36. The number of hydrogen-bond donors (Lipinski definition) is 4. The maximum atomic E-state index is 11.9. The van der Waals surface area contributed by atoms with Crippen molar-refractivity contribution in [2.24, 2.45) is 23.1 Å². The average Bonchev–Trinajstić information content (AvgIpc) is 2.37. The summed E-state index contributed by atoms with van der Waals surface area (Å²) in [6.07, 6.45) is 0.518. The largest absolute Gasteiger partial charge is 0.366 e. The number of carbonyl (C=O) groups excluding carboxylic acids is 3. The molecule has 1 rings (SSSR count). The van der Waals surface area contributed by atoms with Crippen molar-refractivity contribution in [2.75, 3.05) is 5.32 Å². The van der Waals surface area contributed by atoms with E-state index in [4.69, 9.17) is 17.2 Å². The maximum absolute atomic E-state index is 11.9. The van der Waals surface area contributed by atoms with Gasteiger partial charge in [-0.25, -0.2) is 0 Å². The van der Waals surface area contributed by atoms with Crippen LogP contribution in [0.3, 0.4) is 0 Å². The maximum Gasteiger partial charge on any atom is 0.248 e. The third-order valence-electron chi connectivity index (χ3n) is 2.83. The molecule has 0 aliphatic carbocycles. The van der Waals surface area contributed by atoms with Gasteiger partial charge in [-0.3, -0.25) is 14.4 Å². The molecule has 0 spiro atoms. The third-order valence-corrected chi connectivity index (χ3v) is 2.83. The minimum absolute atomic E-state index is 0.0824. The van der Waals surface area contributed by atoms with Gasteiger partial charge in [0.15, 0.2) is 0 Å². The Morgan fingerprint density at radius 3 is 1.90 bits per heavy atom. The second kappa shape index (κ2) is 6.85. The monoisotopic (exact) mass is 292 g/mol. The second-order valence-electron chi connectivity index (χ2n) is 5.25. The van der Waals surface area contributed by atoms with Gasteiger partial charge in [0.2, 0.25) is 17.7 Å². The molecule has 3 amide bonds. The van der Waals surface area contributed by atoms with Gasteiger partial charge in [0.1, 0.15) is 0 Å². The summed E-state index contributed by atoms with van der Waals surface area (Å²) in [5, 5.41) is 2.56. The van der Waals surface area contributed by atoms with Crippen LogP contribution < -0.4 is 22.5 Å². The molecule has 1 atom stereocenters. The lowest BCUT2D eigenvalue weighted by molar-refractivity contribution is -0.117. The highest BCUT2D eigenvalue weighted by Gasteiger charge is 2.16. The standard InChI is InChI=1S/C14H20N4O3/c1-7(2)3-11(15)14(21)18-10-5-8(12(16)19)4-9(6-10)13(17)20/h4-7,11H,3,15H2,1-2H3,(H2,16,19)(H2,17,20)(H,18,21). The lowest BCUT2D eigenvalue weighted by atomic mass is 10.0. The van der Waals surface area contributed by atoms with Gasteiger partial charge in [0, 0.05) is 16.8 Å². The number of rotatable bonds is 6. The van der Waals surface area contributed by atoms with Crippen molar-refractivity contribution in [1.29, 1.82) is 0 Å². The molecule has 1 unspecified atom stereocenters. The lowest BCUT2D eigenvalue weighted by Gasteiger charge is -2.15. The Bertz CT molecular complexity index is 537. The van der Waals surface area contributed by atoms with Crippen molar-refractivity contribution in [3.8, 4) is 0 Å². The van der Waals surface area contributed by atoms with Crippen LogP contribution in [0.15, 0.2) is 18.2 Å². The van der Waals surface area contributed by atoms with Crippen molar-refractivity contribution < 1.29 is 14.4 Å². The number of primary amides is 2. The second-order valence-corrected chi connectivity index (χ2v) is 5.25. The first-order chi connectivity index (χ1) is 9.70.